The number of rotatable bonds is 4. The highest BCUT2D eigenvalue weighted by Crippen LogP contribution is 2.29. The lowest BCUT2D eigenvalue weighted by Gasteiger charge is -1.99. The molecule has 3 aromatic rings. The van der Waals surface area contributed by atoms with Gasteiger partial charge in [-0.1, -0.05) is 0 Å². The van der Waals surface area contributed by atoms with Crippen molar-refractivity contribution >= 4 is 28.2 Å². The monoisotopic (exact) mass is 311 g/mol. The normalized spacial score (nSPS) is 10.5. The van der Waals surface area contributed by atoms with Crippen molar-refractivity contribution in [3.8, 4) is 16.6 Å². The van der Waals surface area contributed by atoms with Gasteiger partial charge in [-0.15, -0.1) is 11.3 Å². The van der Waals surface area contributed by atoms with Crippen LogP contribution in [0.5, 0.6) is 0 Å². The molecule has 0 spiro atoms. The van der Waals surface area contributed by atoms with Crippen LogP contribution in [0.25, 0.3) is 21.5 Å². The Morgan fingerprint density at radius 2 is 2.36 bits per heavy atom. The average molecular weight is 311 g/mol. The highest BCUT2D eigenvalue weighted by molar-refractivity contribution is 7.16. The van der Waals surface area contributed by atoms with E-state index in [0.717, 1.165) is 27.0 Å². The molecule has 1 aromatic carbocycles. The Morgan fingerprint density at radius 3 is 3.14 bits per heavy atom. The number of nitrogens with one attached hydrogen (secondary N) is 1. The molecule has 0 bridgehead atoms. The van der Waals surface area contributed by atoms with Crippen molar-refractivity contribution in [2.75, 3.05) is 6.61 Å². The summed E-state index contributed by atoms with van der Waals surface area (Å²) in [5.41, 5.74) is 2.87. The maximum absolute atomic E-state index is 11.7. The molecule has 0 aliphatic carbocycles. The molecule has 0 atom stereocenters. The average Bonchev–Trinajstić information content (AvgIpc) is 3.15. The van der Waals surface area contributed by atoms with Crippen LogP contribution in [0.15, 0.2) is 30.6 Å². The Labute approximate surface area is 131 Å². The Hall–Kier alpha value is -2.65. The van der Waals surface area contributed by atoms with Crippen molar-refractivity contribution in [1.29, 1.82) is 5.26 Å². The van der Waals surface area contributed by atoms with E-state index in [2.05, 4.69) is 16.0 Å². The number of H-pyrrole nitrogens is 1. The molecule has 110 valence electrons. The lowest BCUT2D eigenvalue weighted by Crippen LogP contribution is -2.01. The molecule has 0 fully saturated rings. The smallest absolute Gasteiger partial charge is 0.349 e. The third-order valence-corrected chi connectivity index (χ3v) is 4.29. The van der Waals surface area contributed by atoms with Crippen LogP contribution in [-0.4, -0.2) is 22.5 Å². The van der Waals surface area contributed by atoms with E-state index in [9.17, 15) is 4.79 Å². The summed E-state index contributed by atoms with van der Waals surface area (Å²) in [5, 5.41) is 10.6. The maximum Gasteiger partial charge on any atom is 0.349 e. The first kappa shape index (κ1) is 14.3. The molecule has 0 aliphatic heterocycles. The van der Waals surface area contributed by atoms with Crippen LogP contribution in [0.2, 0.25) is 0 Å². The zero-order valence-corrected chi connectivity index (χ0v) is 12.7. The third-order valence-electron chi connectivity index (χ3n) is 3.27. The molecule has 2 heterocycles. The van der Waals surface area contributed by atoms with Crippen LogP contribution in [0.3, 0.4) is 0 Å². The van der Waals surface area contributed by atoms with Gasteiger partial charge in [0.2, 0.25) is 0 Å². The highest BCUT2D eigenvalue weighted by atomic mass is 32.1. The molecule has 1 N–H and O–H groups in total. The van der Waals surface area contributed by atoms with Gasteiger partial charge in [-0.2, -0.15) is 5.26 Å². The molecule has 0 radical (unpaired) electrons. The molecule has 0 aliphatic rings. The Kier molecular flexibility index (Phi) is 3.90. The highest BCUT2D eigenvalue weighted by Gasteiger charge is 2.13. The summed E-state index contributed by atoms with van der Waals surface area (Å²) < 4.78 is 4.98. The fourth-order valence-electron chi connectivity index (χ4n) is 2.25. The fourth-order valence-corrected chi connectivity index (χ4v) is 3.05. The van der Waals surface area contributed by atoms with Crippen LogP contribution in [0.1, 0.15) is 22.2 Å². The second-order valence-corrected chi connectivity index (χ2v) is 5.69. The van der Waals surface area contributed by atoms with Gasteiger partial charge in [0.15, 0.2) is 0 Å². The second-order valence-electron chi connectivity index (χ2n) is 4.66. The van der Waals surface area contributed by atoms with Gasteiger partial charge in [-0.05, 0) is 30.7 Å². The van der Waals surface area contributed by atoms with Crippen LogP contribution >= 0.6 is 11.3 Å². The first-order valence-corrected chi connectivity index (χ1v) is 7.65. The summed E-state index contributed by atoms with van der Waals surface area (Å²) in [6.45, 7) is 2.12. The van der Waals surface area contributed by atoms with E-state index in [4.69, 9.17) is 10.00 Å². The fraction of sp³-hybridized carbons (Fsp3) is 0.188. The van der Waals surface area contributed by atoms with E-state index in [1.165, 1.54) is 17.5 Å². The largest absolute Gasteiger partial charge is 0.462 e. The number of aromatic amines is 1. The van der Waals surface area contributed by atoms with E-state index in [0.29, 0.717) is 17.9 Å². The van der Waals surface area contributed by atoms with Crippen LogP contribution in [-0.2, 0) is 11.2 Å². The zero-order chi connectivity index (χ0) is 15.5. The maximum atomic E-state index is 11.7. The van der Waals surface area contributed by atoms with Crippen molar-refractivity contribution in [3.05, 3.63) is 41.0 Å². The molecule has 0 amide bonds. The summed E-state index contributed by atoms with van der Waals surface area (Å²) in [4.78, 5) is 19.6. The molecule has 3 rings (SSSR count). The number of hydrogen-bond donors (Lipinski definition) is 1. The summed E-state index contributed by atoms with van der Waals surface area (Å²) in [5.74, 6) is -0.348. The summed E-state index contributed by atoms with van der Waals surface area (Å²) >= 11 is 1.30. The molecular weight excluding hydrogens is 298 g/mol. The van der Waals surface area contributed by atoms with Gasteiger partial charge in [0.25, 0.3) is 0 Å². The number of carbonyl (C=O) groups excluding carboxylic acids is 1. The number of ether oxygens (including phenoxy) is 1. The van der Waals surface area contributed by atoms with E-state index in [1.807, 2.05) is 24.4 Å². The Bertz CT molecular complexity index is 873. The Balaban J connectivity index is 1.98. The molecule has 0 saturated carbocycles. The number of nitriles is 1. The summed E-state index contributed by atoms with van der Waals surface area (Å²) in [6, 6.07) is 8.06. The number of hydrogen-bond acceptors (Lipinski definition) is 5. The minimum absolute atomic E-state index is 0.346. The Morgan fingerprint density at radius 1 is 1.50 bits per heavy atom. The van der Waals surface area contributed by atoms with Crippen molar-refractivity contribution in [1.82, 2.24) is 9.97 Å². The molecule has 5 nitrogen and oxygen atoms in total. The molecule has 6 heteroatoms. The van der Waals surface area contributed by atoms with Gasteiger partial charge in [0, 0.05) is 22.7 Å². The van der Waals surface area contributed by atoms with Crippen molar-refractivity contribution in [2.45, 2.75) is 13.3 Å². The van der Waals surface area contributed by atoms with Crippen molar-refractivity contribution < 1.29 is 9.53 Å². The van der Waals surface area contributed by atoms with Gasteiger partial charge in [0.1, 0.15) is 9.88 Å². The first-order valence-electron chi connectivity index (χ1n) is 6.83. The van der Waals surface area contributed by atoms with Gasteiger partial charge in [0.05, 0.1) is 25.3 Å². The van der Waals surface area contributed by atoms with Crippen LogP contribution in [0, 0.1) is 11.3 Å². The molecule has 22 heavy (non-hydrogen) atoms. The van der Waals surface area contributed by atoms with E-state index < -0.39 is 0 Å². The lowest BCUT2D eigenvalue weighted by atomic mass is 10.1. The molecule has 2 aromatic heterocycles. The van der Waals surface area contributed by atoms with E-state index >= 15 is 0 Å². The van der Waals surface area contributed by atoms with Gasteiger partial charge in [-0.25, -0.2) is 9.78 Å². The minimum Gasteiger partial charge on any atom is -0.462 e. The predicted octanol–water partition coefficient (Wildman–Crippen LogP) is 3.53. The predicted molar refractivity (Wildman–Crippen MR) is 84.7 cm³/mol. The molecule has 0 unspecified atom stereocenters. The van der Waals surface area contributed by atoms with Crippen molar-refractivity contribution in [2.24, 2.45) is 0 Å². The van der Waals surface area contributed by atoms with E-state index in [-0.39, 0.29) is 5.97 Å². The second kappa shape index (κ2) is 6.00. The van der Waals surface area contributed by atoms with Gasteiger partial charge < -0.3 is 9.72 Å². The number of fused-ring (bicyclic) bond motifs is 1. The topological polar surface area (TPSA) is 78.8 Å². The first-order chi connectivity index (χ1) is 10.7. The minimum atomic E-state index is -0.348. The number of benzene rings is 1. The third kappa shape index (κ3) is 2.59. The van der Waals surface area contributed by atoms with Crippen molar-refractivity contribution in [3.63, 3.8) is 0 Å². The number of esters is 1. The molecule has 0 saturated heterocycles. The van der Waals surface area contributed by atoms with Gasteiger partial charge >= 0.3 is 5.97 Å². The molecular formula is C16H13N3O2S. The van der Waals surface area contributed by atoms with E-state index in [1.54, 1.807) is 6.92 Å². The SMILES string of the molecule is CCOC(=O)c1cnc(-c2ccc3[nH]cc(CC#N)c3c2)s1. The van der Waals surface area contributed by atoms with Gasteiger partial charge in [-0.3, -0.25) is 0 Å². The number of carbonyl (C=O) groups is 1. The zero-order valence-electron chi connectivity index (χ0n) is 11.9. The summed E-state index contributed by atoms with van der Waals surface area (Å²) in [6.07, 6.45) is 3.74. The lowest BCUT2D eigenvalue weighted by molar-refractivity contribution is 0.0532. The number of nitrogens with zero attached hydrogens (tertiary/aromatic N) is 2. The quantitative estimate of drug-likeness (QED) is 0.747. The van der Waals surface area contributed by atoms with Crippen LogP contribution in [0.4, 0.5) is 0 Å². The van der Waals surface area contributed by atoms with Crippen LogP contribution < -0.4 is 0 Å². The standard InChI is InChI=1S/C16H13N3O2S/c1-2-21-16(20)14-9-19-15(22-14)10-3-4-13-12(7-10)11(5-6-17)8-18-13/h3-4,7-9,18H,2,5H2,1H3. The number of aromatic nitrogens is 2. The summed E-state index contributed by atoms with van der Waals surface area (Å²) in [7, 11) is 0. The number of thiazole rings is 1.